The van der Waals surface area contributed by atoms with Gasteiger partial charge in [0.25, 0.3) is 35.4 Å². The fourth-order valence-corrected chi connectivity index (χ4v) is 17.3. The third-order valence-corrected chi connectivity index (χ3v) is 26.4. The second-order valence-corrected chi connectivity index (χ2v) is 38.5. The number of anilines is 6. The van der Waals surface area contributed by atoms with Crippen LogP contribution in [0.4, 0.5) is 68.2 Å². The maximum absolute atomic E-state index is 13.0. The second-order valence-electron chi connectivity index (χ2n) is 31.9. The number of halogens is 6. The molecule has 6 atom stereocenters. The molecule has 18 rings (SSSR count). The standard InChI is InChI=1S/3C32H24Cl2N8O5S.Al/c3*1-18-29(31(43)41(39-18)22-6-4-3-5-7-22)37-35-27-14-8-20(16-25(27)33)21-9-15-28(26(34)17-21)36-38-30-19(2)40-42(32(30)44)23-10-12-24(13-11-23)48(45,46)47;/h3*3-17,29-30H,1-2H3,(H,45,46,47);/q;;;+3/p-3. The zero-order valence-electron chi connectivity index (χ0n) is 75.9. The van der Waals surface area contributed by atoms with Gasteiger partial charge in [-0.1, -0.05) is 161 Å². The van der Waals surface area contributed by atoms with E-state index in [1.807, 2.05) is 54.6 Å². The molecule has 6 unspecified atom stereocenters. The minimum Gasteiger partial charge on any atom is -0.744 e. The molecule has 0 saturated heterocycles. The van der Waals surface area contributed by atoms with Crippen LogP contribution >= 0.6 is 69.6 Å². The maximum atomic E-state index is 13.0. The number of benzene rings is 12. The Morgan fingerprint density at radius 2 is 0.372 bits per heavy atom. The van der Waals surface area contributed by atoms with Crippen LogP contribution in [0, 0.1) is 0 Å². The molecule has 6 amide bonds. The molecule has 145 heavy (non-hydrogen) atoms. The van der Waals surface area contributed by atoms with Crippen molar-refractivity contribution in [2.75, 3.05) is 30.1 Å². The average molecular weight is 2130 g/mol. The van der Waals surface area contributed by atoms with Crippen LogP contribution in [0.1, 0.15) is 41.5 Å². The first-order valence-electron chi connectivity index (χ1n) is 42.6. The van der Waals surface area contributed by atoms with Crippen LogP contribution in [-0.4, -0.2) is 162 Å². The smallest absolute Gasteiger partial charge is 0.744 e. The minimum atomic E-state index is -4.63. The topological polar surface area (TPSA) is 516 Å². The molecule has 6 aliphatic heterocycles. The van der Waals surface area contributed by atoms with E-state index in [1.54, 1.807) is 187 Å². The molecule has 0 radical (unpaired) electrons. The Hall–Kier alpha value is -14.9. The van der Waals surface area contributed by atoms with Gasteiger partial charge in [-0.2, -0.15) is 122 Å². The third-order valence-electron chi connectivity index (χ3n) is 22.1. The van der Waals surface area contributed by atoms with E-state index in [-0.39, 0.29) is 67.2 Å². The number of azo groups is 6. The predicted octanol–water partition coefficient (Wildman–Crippen LogP) is 21.6. The van der Waals surface area contributed by atoms with Gasteiger partial charge in [0, 0.05) is 0 Å². The van der Waals surface area contributed by atoms with Gasteiger partial charge in [-0.05, 0) is 257 Å². The van der Waals surface area contributed by atoms with E-state index in [9.17, 15) is 67.7 Å². The maximum Gasteiger partial charge on any atom is 3.00 e. The Morgan fingerprint density at radius 1 is 0.228 bits per heavy atom. The number of nitrogens with zero attached hydrogens (tertiary/aromatic N) is 24. The fourth-order valence-electron chi connectivity index (χ4n) is 14.5. The molecule has 49 heteroatoms. The van der Waals surface area contributed by atoms with Gasteiger partial charge in [0.15, 0.2) is 36.3 Å². The summed E-state index contributed by atoms with van der Waals surface area (Å²) in [5, 5.41) is 84.8. The van der Waals surface area contributed by atoms with Crippen LogP contribution in [0.15, 0.2) is 380 Å². The third kappa shape index (κ3) is 23.6. The van der Waals surface area contributed by atoms with E-state index in [1.165, 1.54) is 51.4 Å². The normalized spacial score (nSPS) is 18.2. The average Bonchev–Trinajstić information content (AvgIpc) is 1.65. The summed E-state index contributed by atoms with van der Waals surface area (Å²) in [5.74, 6) is -2.48. The molecule has 39 nitrogen and oxygen atoms in total. The number of carbonyl (C=O) groups excluding carboxylic acids is 6. The van der Waals surface area contributed by atoms with Crippen LogP contribution in [-0.2, 0) is 59.1 Å². The van der Waals surface area contributed by atoms with Gasteiger partial charge >= 0.3 is 17.4 Å². The molecule has 0 saturated carbocycles. The summed E-state index contributed by atoms with van der Waals surface area (Å²) in [5.41, 5.74) is 11.7. The summed E-state index contributed by atoms with van der Waals surface area (Å²) in [6.45, 7) is 9.96. The SMILES string of the molecule is CC1=NN(c2ccccc2)C(=O)C1N=Nc1ccc(-c2ccc(N=NC3C(=O)N(c4ccc(S(=O)(=O)[O-])cc4)N=C3C)c(Cl)c2)cc1Cl.CC1=NN(c2ccccc2)C(=O)C1N=Nc1ccc(-c2ccc(N=NC3C(=O)N(c4ccc(S(=O)(=O)[O-])cc4)N=C3C)c(Cl)c2)cc1Cl.CC1=NN(c2ccccc2)C(=O)C1N=Nc1ccc(-c2ccc(N=NC3C(=O)N(c4ccc(S(=O)(=O)[O-])cc4)N=C3C)c(Cl)c2)cc1Cl.[Al+3]. The number of hydrogen-bond donors (Lipinski definition) is 0. The molecule has 0 fully saturated rings. The first kappa shape index (κ1) is 104. The van der Waals surface area contributed by atoms with Gasteiger partial charge in [-0.3, -0.25) is 28.8 Å². The van der Waals surface area contributed by atoms with Crippen LogP contribution in [0.3, 0.4) is 0 Å². The molecule has 12 aromatic rings. The number of hydrogen-bond acceptors (Lipinski definition) is 33. The summed E-state index contributed by atoms with van der Waals surface area (Å²) >= 11 is 39.2. The van der Waals surface area contributed by atoms with E-state index in [0.29, 0.717) is 101 Å². The first-order chi connectivity index (χ1) is 68.7. The molecule has 0 aromatic heterocycles. The molecule has 0 spiro atoms. The van der Waals surface area contributed by atoms with Gasteiger partial charge in [0.05, 0.1) is 113 Å². The van der Waals surface area contributed by atoms with Crippen molar-refractivity contribution in [1.82, 2.24) is 0 Å². The monoisotopic (exact) mass is 2130 g/mol. The first-order valence-corrected chi connectivity index (χ1v) is 49.1. The van der Waals surface area contributed by atoms with Crippen molar-refractivity contribution in [3.8, 4) is 33.4 Å². The van der Waals surface area contributed by atoms with Gasteiger partial charge in [-0.15, -0.1) is 0 Å². The summed E-state index contributed by atoms with van der Waals surface area (Å²) < 4.78 is 101. The minimum absolute atomic E-state index is 0. The molecule has 726 valence electrons. The quantitative estimate of drug-likeness (QED) is 0.0308. The Labute approximate surface area is 867 Å². The number of hydrazone groups is 6. The van der Waals surface area contributed by atoms with E-state index in [2.05, 4.69) is 92.0 Å². The summed E-state index contributed by atoms with van der Waals surface area (Å²) in [6.07, 6.45) is 0. The zero-order valence-corrected chi connectivity index (χ0v) is 84.0. The van der Waals surface area contributed by atoms with Crippen molar-refractivity contribution in [3.05, 3.63) is 303 Å². The van der Waals surface area contributed by atoms with E-state index < -0.39 is 99.0 Å². The largest absolute Gasteiger partial charge is 3.00 e. The second kappa shape index (κ2) is 44.1. The Kier molecular flexibility index (Phi) is 31.8. The molecule has 6 aliphatic rings. The molecule has 12 aromatic carbocycles. The number of carbonyl (C=O) groups is 6. The Morgan fingerprint density at radius 3 is 0.510 bits per heavy atom. The molecule has 0 aliphatic carbocycles. The van der Waals surface area contributed by atoms with Gasteiger partial charge in [0.2, 0.25) is 0 Å². The summed E-state index contributed by atoms with van der Waals surface area (Å²) in [7, 11) is -13.9. The molecular formula is C96H69AlCl6N24O15S3. The van der Waals surface area contributed by atoms with Crippen LogP contribution in [0.2, 0.25) is 30.1 Å². The summed E-state index contributed by atoms with van der Waals surface area (Å²) in [4.78, 5) is 76.6. The van der Waals surface area contributed by atoms with E-state index in [4.69, 9.17) is 69.6 Å². The number of amides is 6. The zero-order chi connectivity index (χ0) is 102. The fraction of sp³-hybridized carbons (Fsp3) is 0.125. The van der Waals surface area contributed by atoms with Crippen LogP contribution < -0.4 is 30.1 Å². The molecular weight excluding hydrogens is 2070 g/mol. The molecule has 0 bridgehead atoms. The van der Waals surface area contributed by atoms with Crippen molar-refractivity contribution in [3.63, 3.8) is 0 Å². The van der Waals surface area contributed by atoms with E-state index in [0.717, 1.165) is 84.8 Å². The van der Waals surface area contributed by atoms with Gasteiger partial charge in [-0.25, -0.2) is 25.3 Å². The Bertz CT molecular complexity index is 7270. The van der Waals surface area contributed by atoms with E-state index >= 15 is 0 Å². The Balaban J connectivity index is 0.000000163. The van der Waals surface area contributed by atoms with Crippen molar-refractivity contribution in [2.45, 2.75) is 92.5 Å². The van der Waals surface area contributed by atoms with Crippen LogP contribution in [0.5, 0.6) is 0 Å². The molecule has 6 heterocycles. The number of rotatable bonds is 24. The predicted molar refractivity (Wildman–Crippen MR) is 547 cm³/mol. The van der Waals surface area contributed by atoms with Gasteiger partial charge < -0.3 is 13.7 Å². The van der Waals surface area contributed by atoms with Crippen molar-refractivity contribution in [2.24, 2.45) is 92.0 Å². The molecule has 0 N–H and O–H groups in total. The number of para-hydroxylation sites is 3. The van der Waals surface area contributed by atoms with Crippen molar-refractivity contribution < 1.29 is 67.7 Å². The van der Waals surface area contributed by atoms with Crippen LogP contribution in [0.25, 0.3) is 33.4 Å². The van der Waals surface area contributed by atoms with Crippen molar-refractivity contribution >= 4 is 255 Å². The summed E-state index contributed by atoms with van der Waals surface area (Å²) in [6, 6.07) is 66.6. The van der Waals surface area contributed by atoms with Gasteiger partial charge in [0.1, 0.15) is 64.5 Å². The van der Waals surface area contributed by atoms with Crippen molar-refractivity contribution in [1.29, 1.82) is 0 Å².